The van der Waals surface area contributed by atoms with E-state index in [-0.39, 0.29) is 5.41 Å². The molecule has 220 valence electrons. The summed E-state index contributed by atoms with van der Waals surface area (Å²) in [5.41, 5.74) is 15.8. The smallest absolute Gasteiger partial charge is 0.178 e. The number of rotatable bonds is 3. The second-order valence-corrected chi connectivity index (χ2v) is 13.8. The van der Waals surface area contributed by atoms with Gasteiger partial charge in [-0.05, 0) is 66.0 Å². The lowest BCUT2D eigenvalue weighted by Crippen LogP contribution is -2.36. The van der Waals surface area contributed by atoms with E-state index in [1.807, 2.05) is 0 Å². The maximum Gasteiger partial charge on any atom is 0.178 e. The van der Waals surface area contributed by atoms with E-state index >= 15 is 0 Å². The molecule has 1 aliphatic heterocycles. The van der Waals surface area contributed by atoms with Gasteiger partial charge in [-0.25, -0.2) is 0 Å². The second kappa shape index (κ2) is 10.2. The monoisotopic (exact) mass is 575 g/mol. The standard InChI is InChI=1S/C42H41NO/c1-40(2,43)29-21-23-31(24-22-29)42(30-15-7-6-8-16-30)28-25-35-38-37(32-17-9-10-18-33(32)39(35)44-42)34-19-11-12-20-36(34)41(38)26-13-4-3-5-14-27-41/h6-12,15-25,28H,3-5,13-14,26-27,43H2,1-2H3. The van der Waals surface area contributed by atoms with E-state index in [1.165, 1.54) is 83.5 Å². The highest BCUT2D eigenvalue weighted by atomic mass is 16.5. The molecule has 1 heterocycles. The van der Waals surface area contributed by atoms with Crippen LogP contribution in [0.4, 0.5) is 0 Å². The summed E-state index contributed by atoms with van der Waals surface area (Å²) >= 11 is 0. The Bertz CT molecular complexity index is 1890. The van der Waals surface area contributed by atoms with Crippen LogP contribution in [0.3, 0.4) is 0 Å². The molecule has 0 radical (unpaired) electrons. The maximum atomic E-state index is 7.53. The van der Waals surface area contributed by atoms with Gasteiger partial charge in [-0.3, -0.25) is 0 Å². The Labute approximate surface area is 261 Å². The van der Waals surface area contributed by atoms with E-state index in [1.54, 1.807) is 0 Å². The third kappa shape index (κ3) is 4.04. The zero-order valence-corrected chi connectivity index (χ0v) is 25.9. The zero-order valence-electron chi connectivity index (χ0n) is 25.9. The molecule has 0 saturated heterocycles. The lowest BCUT2D eigenvalue weighted by atomic mass is 9.67. The predicted octanol–water partition coefficient (Wildman–Crippen LogP) is 10.4. The molecule has 8 rings (SSSR count). The quantitative estimate of drug-likeness (QED) is 0.232. The first-order valence-corrected chi connectivity index (χ1v) is 16.5. The van der Waals surface area contributed by atoms with Crippen LogP contribution in [0, 0.1) is 0 Å². The van der Waals surface area contributed by atoms with Crippen molar-refractivity contribution in [2.24, 2.45) is 5.73 Å². The molecule has 0 bridgehead atoms. The SMILES string of the molecule is CC(C)(N)c1ccc(C2(c3ccccc3)C=Cc3c4c(c5ccccc5c3O2)-c2ccccc2C42CCCCCCC2)cc1. The fraction of sp³-hybridized carbons (Fsp3) is 0.286. The molecule has 3 aliphatic rings. The molecular formula is C42H41NO. The molecule has 2 N–H and O–H groups in total. The number of fused-ring (bicyclic) bond motifs is 10. The van der Waals surface area contributed by atoms with E-state index in [0.717, 1.165) is 22.4 Å². The highest BCUT2D eigenvalue weighted by Crippen LogP contribution is 2.61. The summed E-state index contributed by atoms with van der Waals surface area (Å²) in [7, 11) is 0. The van der Waals surface area contributed by atoms with Crippen LogP contribution in [0.15, 0.2) is 109 Å². The molecule has 5 aromatic rings. The third-order valence-electron chi connectivity index (χ3n) is 10.6. The second-order valence-electron chi connectivity index (χ2n) is 13.8. The van der Waals surface area contributed by atoms with Gasteiger partial charge in [-0.15, -0.1) is 0 Å². The van der Waals surface area contributed by atoms with Crippen LogP contribution in [-0.4, -0.2) is 0 Å². The van der Waals surface area contributed by atoms with Crippen molar-refractivity contribution < 1.29 is 4.74 Å². The minimum Gasteiger partial charge on any atom is -0.472 e. The first-order chi connectivity index (χ1) is 21.4. The molecule has 1 fully saturated rings. The summed E-state index contributed by atoms with van der Waals surface area (Å²) in [6.45, 7) is 4.11. The van der Waals surface area contributed by atoms with E-state index in [9.17, 15) is 0 Å². The molecule has 44 heavy (non-hydrogen) atoms. The van der Waals surface area contributed by atoms with Crippen LogP contribution in [0.25, 0.3) is 28.0 Å². The van der Waals surface area contributed by atoms with E-state index in [0.29, 0.717) is 0 Å². The van der Waals surface area contributed by atoms with Crippen molar-refractivity contribution in [1.82, 2.24) is 0 Å². The molecule has 1 saturated carbocycles. The number of nitrogens with two attached hydrogens (primary N) is 1. The number of ether oxygens (including phenoxy) is 1. The summed E-state index contributed by atoms with van der Waals surface area (Å²) in [6, 6.07) is 37.6. The predicted molar refractivity (Wildman–Crippen MR) is 183 cm³/mol. The average molecular weight is 576 g/mol. The van der Waals surface area contributed by atoms with Crippen LogP contribution in [0.1, 0.15) is 92.2 Å². The van der Waals surface area contributed by atoms with Crippen molar-refractivity contribution in [1.29, 1.82) is 0 Å². The lowest BCUT2D eigenvalue weighted by Gasteiger charge is -2.40. The van der Waals surface area contributed by atoms with Crippen molar-refractivity contribution in [3.8, 4) is 16.9 Å². The van der Waals surface area contributed by atoms with Gasteiger partial charge in [0.05, 0.1) is 0 Å². The molecule has 1 spiro atoms. The van der Waals surface area contributed by atoms with Crippen molar-refractivity contribution in [2.75, 3.05) is 0 Å². The summed E-state index contributed by atoms with van der Waals surface area (Å²) < 4.78 is 7.53. The van der Waals surface area contributed by atoms with Gasteiger partial charge >= 0.3 is 0 Å². The highest BCUT2D eigenvalue weighted by molar-refractivity contribution is 6.08. The summed E-state index contributed by atoms with van der Waals surface area (Å²) in [5.74, 6) is 1.00. The Kier molecular flexibility index (Phi) is 6.36. The van der Waals surface area contributed by atoms with Crippen LogP contribution < -0.4 is 10.5 Å². The van der Waals surface area contributed by atoms with Crippen molar-refractivity contribution in [2.45, 2.75) is 75.3 Å². The summed E-state index contributed by atoms with van der Waals surface area (Å²) in [4.78, 5) is 0. The van der Waals surface area contributed by atoms with Gasteiger partial charge in [0.25, 0.3) is 0 Å². The van der Waals surface area contributed by atoms with Gasteiger partial charge in [-0.2, -0.15) is 0 Å². The molecule has 2 heteroatoms. The molecule has 5 aromatic carbocycles. The third-order valence-corrected chi connectivity index (χ3v) is 10.6. The van der Waals surface area contributed by atoms with Crippen molar-refractivity contribution in [3.63, 3.8) is 0 Å². The molecule has 0 aromatic heterocycles. The Morgan fingerprint density at radius 1 is 0.659 bits per heavy atom. The number of hydrogen-bond donors (Lipinski definition) is 1. The van der Waals surface area contributed by atoms with Crippen LogP contribution in [-0.2, 0) is 16.6 Å². The van der Waals surface area contributed by atoms with Gasteiger partial charge in [0.2, 0.25) is 0 Å². The normalized spacial score (nSPS) is 20.3. The first kappa shape index (κ1) is 27.4. The maximum absolute atomic E-state index is 7.53. The van der Waals surface area contributed by atoms with Crippen LogP contribution >= 0.6 is 0 Å². The Morgan fingerprint density at radius 2 is 1.27 bits per heavy atom. The summed E-state index contributed by atoms with van der Waals surface area (Å²) in [5, 5.41) is 2.48. The average Bonchev–Trinajstić information content (AvgIpc) is 3.33. The van der Waals surface area contributed by atoms with Gasteiger partial charge < -0.3 is 10.5 Å². The first-order valence-electron chi connectivity index (χ1n) is 16.5. The van der Waals surface area contributed by atoms with Gasteiger partial charge in [-0.1, -0.05) is 141 Å². The topological polar surface area (TPSA) is 35.2 Å². The van der Waals surface area contributed by atoms with Gasteiger partial charge in [0.1, 0.15) is 5.75 Å². The molecule has 2 aliphatic carbocycles. The molecule has 2 nitrogen and oxygen atoms in total. The Balaban J connectivity index is 1.41. The van der Waals surface area contributed by atoms with Crippen molar-refractivity contribution >= 4 is 16.8 Å². The molecule has 1 unspecified atom stereocenters. The van der Waals surface area contributed by atoms with Gasteiger partial charge in [0.15, 0.2) is 5.60 Å². The van der Waals surface area contributed by atoms with Crippen LogP contribution in [0.2, 0.25) is 0 Å². The Hall–Kier alpha value is -4.14. The molecular weight excluding hydrogens is 534 g/mol. The van der Waals surface area contributed by atoms with Gasteiger partial charge in [0, 0.05) is 33.0 Å². The largest absolute Gasteiger partial charge is 0.472 e. The zero-order chi connectivity index (χ0) is 29.9. The number of hydrogen-bond acceptors (Lipinski definition) is 2. The molecule has 1 atom stereocenters. The minimum atomic E-state index is -0.762. The summed E-state index contributed by atoms with van der Waals surface area (Å²) in [6.07, 6.45) is 13.6. The van der Waals surface area contributed by atoms with E-state index in [2.05, 4.69) is 129 Å². The Morgan fingerprint density at radius 3 is 2.00 bits per heavy atom. The van der Waals surface area contributed by atoms with Crippen LogP contribution in [0.5, 0.6) is 5.75 Å². The highest BCUT2D eigenvalue weighted by Gasteiger charge is 2.48. The minimum absolute atomic E-state index is 0.00919. The lowest BCUT2D eigenvalue weighted by molar-refractivity contribution is 0.163. The van der Waals surface area contributed by atoms with E-state index in [4.69, 9.17) is 10.5 Å². The fourth-order valence-corrected chi connectivity index (χ4v) is 8.46. The fourth-order valence-electron chi connectivity index (χ4n) is 8.46. The van der Waals surface area contributed by atoms with E-state index < -0.39 is 11.1 Å². The van der Waals surface area contributed by atoms with Crippen molar-refractivity contribution in [3.05, 3.63) is 143 Å². The molecule has 0 amide bonds. The number of benzene rings is 5.